The summed E-state index contributed by atoms with van der Waals surface area (Å²) in [7, 11) is 0. The average Bonchev–Trinajstić information content (AvgIpc) is 3.41. The number of hydrogen-bond donors (Lipinski definition) is 2. The van der Waals surface area contributed by atoms with Gasteiger partial charge >= 0.3 is 23.8 Å². The predicted octanol–water partition coefficient (Wildman–Crippen LogP) is 5.54. The molecule has 2 unspecified atom stereocenters. The minimum Gasteiger partial charge on any atom is -0.478 e. The number of amidine groups is 2. The average molecular weight is 617 g/mol. The highest BCUT2D eigenvalue weighted by atomic mass is 16.5. The van der Waals surface area contributed by atoms with Gasteiger partial charge in [0, 0.05) is 25.7 Å². The Morgan fingerprint density at radius 1 is 0.556 bits per heavy atom. The first-order valence-electron chi connectivity index (χ1n) is 16.1. The fourth-order valence-corrected chi connectivity index (χ4v) is 7.52. The Balaban J connectivity index is 1.34. The van der Waals surface area contributed by atoms with Crippen molar-refractivity contribution in [1.82, 2.24) is 0 Å². The number of benzene rings is 2. The van der Waals surface area contributed by atoms with Gasteiger partial charge < -0.3 is 14.9 Å². The van der Waals surface area contributed by atoms with Gasteiger partial charge in [-0.3, -0.25) is 0 Å². The van der Waals surface area contributed by atoms with Crippen molar-refractivity contribution in [3.63, 3.8) is 0 Å². The van der Waals surface area contributed by atoms with Crippen molar-refractivity contribution in [3.05, 3.63) is 58.7 Å². The van der Waals surface area contributed by atoms with Crippen LogP contribution >= 0.6 is 0 Å². The third kappa shape index (κ3) is 5.70. The molecule has 4 aliphatic heterocycles. The number of carboxylic acid groups (broad SMARTS) is 2. The summed E-state index contributed by atoms with van der Waals surface area (Å²) in [5.74, 6) is -1.02. The molecule has 0 aliphatic carbocycles. The van der Waals surface area contributed by atoms with Gasteiger partial charge in [0.15, 0.2) is 0 Å². The summed E-state index contributed by atoms with van der Waals surface area (Å²) in [5.41, 5.74) is -0.144. The lowest BCUT2D eigenvalue weighted by molar-refractivity contribution is -0.761. The molecule has 45 heavy (non-hydrogen) atoms. The molecule has 2 N–H and O–H groups in total. The highest BCUT2D eigenvalue weighted by Gasteiger charge is 2.47. The molecule has 0 radical (unpaired) electrons. The van der Waals surface area contributed by atoms with Gasteiger partial charge in [-0.2, -0.15) is 0 Å². The number of carbonyl (C=O) groups is 4. The third-order valence-electron chi connectivity index (χ3n) is 9.77. The number of carbonyl (C=O) groups excluding carboxylic acids is 2. The van der Waals surface area contributed by atoms with Crippen LogP contribution in [0, 0.1) is 0 Å². The number of rotatable bonds is 6. The molecule has 2 atom stereocenters. The van der Waals surface area contributed by atoms with Gasteiger partial charge in [0.2, 0.25) is 11.7 Å². The molecule has 0 spiro atoms. The van der Waals surface area contributed by atoms with Gasteiger partial charge in [0.25, 0.3) is 0 Å². The summed E-state index contributed by atoms with van der Waals surface area (Å²) < 4.78 is 6.17. The number of amides is 2. The summed E-state index contributed by atoms with van der Waals surface area (Å²) in [5, 5.41) is 20.2. The lowest BCUT2D eigenvalue weighted by atomic mass is 10.0. The van der Waals surface area contributed by atoms with E-state index in [0.29, 0.717) is 45.7 Å². The van der Waals surface area contributed by atoms with E-state index >= 15 is 0 Å². The SMILES string of the molecule is O=C(O)c1cc(Oc2ccc(C(=O)O)c(C(=O)[N+]34CCCCCC3=NCCC4)c2)ccc1C(=O)[N+]12CCCCCC1=NCCC2. The topological polar surface area (TPSA) is 143 Å². The summed E-state index contributed by atoms with van der Waals surface area (Å²) in [6.45, 7) is 3.70. The van der Waals surface area contributed by atoms with Crippen LogP contribution in [0.5, 0.6) is 11.5 Å². The molecule has 2 fully saturated rings. The zero-order valence-electron chi connectivity index (χ0n) is 25.5. The van der Waals surface area contributed by atoms with Crippen molar-refractivity contribution in [2.45, 2.75) is 64.2 Å². The summed E-state index contributed by atoms with van der Waals surface area (Å²) in [6.07, 6.45) is 8.56. The van der Waals surface area contributed by atoms with E-state index in [1.807, 2.05) is 0 Å². The number of quaternary nitrogens is 2. The molecule has 11 heteroatoms. The number of hydrogen-bond acceptors (Lipinski definition) is 7. The number of ether oxygens (including phenoxy) is 1. The Hall–Kier alpha value is -4.22. The lowest BCUT2D eigenvalue weighted by Crippen LogP contribution is -2.59. The Morgan fingerprint density at radius 3 is 1.56 bits per heavy atom. The van der Waals surface area contributed by atoms with Gasteiger partial charge in [-0.1, -0.05) is 0 Å². The van der Waals surface area contributed by atoms with Crippen LogP contribution in [-0.2, 0) is 0 Å². The second-order valence-corrected chi connectivity index (χ2v) is 12.5. The zero-order chi connectivity index (χ0) is 31.6. The fourth-order valence-electron chi connectivity index (χ4n) is 7.52. The molecule has 0 saturated carbocycles. The van der Waals surface area contributed by atoms with Gasteiger partial charge in [-0.15, -0.1) is 0 Å². The van der Waals surface area contributed by atoms with Crippen molar-refractivity contribution >= 4 is 35.4 Å². The molecular formula is C34H40N4O7+2. The largest absolute Gasteiger partial charge is 0.478 e. The minimum atomic E-state index is -1.25. The van der Waals surface area contributed by atoms with Crippen LogP contribution in [0.3, 0.4) is 0 Å². The van der Waals surface area contributed by atoms with Crippen LogP contribution in [0.25, 0.3) is 0 Å². The lowest BCUT2D eigenvalue weighted by Gasteiger charge is -2.37. The molecule has 2 aromatic rings. The minimum absolute atomic E-state index is 0.0367. The fraction of sp³-hybridized carbons (Fsp3) is 0.471. The maximum absolute atomic E-state index is 14.2. The van der Waals surface area contributed by atoms with E-state index in [9.17, 15) is 29.4 Å². The van der Waals surface area contributed by atoms with Crippen LogP contribution in [0.2, 0.25) is 0 Å². The van der Waals surface area contributed by atoms with Crippen LogP contribution in [0.15, 0.2) is 46.4 Å². The first kappa shape index (κ1) is 30.8. The first-order chi connectivity index (χ1) is 21.7. The van der Waals surface area contributed by atoms with Crippen LogP contribution in [-0.4, -0.2) is 93.9 Å². The smallest absolute Gasteiger partial charge is 0.352 e. The normalized spacial score (nSPS) is 24.9. The maximum atomic E-state index is 14.2. The van der Waals surface area contributed by atoms with Crippen molar-refractivity contribution in [1.29, 1.82) is 0 Å². The molecule has 236 valence electrons. The Morgan fingerprint density at radius 2 is 1.02 bits per heavy atom. The molecule has 0 aromatic heterocycles. The van der Waals surface area contributed by atoms with Gasteiger partial charge in [-0.25, -0.2) is 38.1 Å². The van der Waals surface area contributed by atoms with Crippen molar-refractivity contribution in [2.24, 2.45) is 9.98 Å². The third-order valence-corrected chi connectivity index (χ3v) is 9.77. The van der Waals surface area contributed by atoms with E-state index in [2.05, 4.69) is 0 Å². The summed E-state index contributed by atoms with van der Waals surface area (Å²) in [4.78, 5) is 62.5. The maximum Gasteiger partial charge on any atom is 0.352 e. The zero-order valence-corrected chi connectivity index (χ0v) is 25.5. The summed E-state index contributed by atoms with van der Waals surface area (Å²) in [6, 6.07) is 8.61. The van der Waals surface area contributed by atoms with E-state index in [1.165, 1.54) is 30.3 Å². The van der Waals surface area contributed by atoms with E-state index in [4.69, 9.17) is 14.7 Å². The highest BCUT2D eigenvalue weighted by molar-refractivity contribution is 6.07. The Labute approximate surface area is 262 Å². The molecule has 2 aromatic carbocycles. The monoisotopic (exact) mass is 616 g/mol. The highest BCUT2D eigenvalue weighted by Crippen LogP contribution is 2.34. The van der Waals surface area contributed by atoms with Crippen molar-refractivity contribution in [3.8, 4) is 11.5 Å². The predicted molar refractivity (Wildman–Crippen MR) is 166 cm³/mol. The Bertz CT molecular complexity index is 1620. The molecule has 2 amide bonds. The number of carboxylic acids is 2. The number of fused-ring (bicyclic) bond motifs is 2. The molecule has 4 heterocycles. The first-order valence-corrected chi connectivity index (χ1v) is 16.1. The number of aliphatic imine (C=N–C) groups is 2. The van der Waals surface area contributed by atoms with E-state index < -0.39 is 11.9 Å². The second kappa shape index (κ2) is 12.6. The quantitative estimate of drug-likeness (QED) is 0.406. The van der Waals surface area contributed by atoms with E-state index in [0.717, 1.165) is 69.5 Å². The number of nitrogens with zero attached hydrogens (tertiary/aromatic N) is 4. The van der Waals surface area contributed by atoms with E-state index in [1.54, 1.807) is 6.07 Å². The molecule has 6 rings (SSSR count). The number of aromatic carboxylic acids is 2. The molecule has 11 nitrogen and oxygen atoms in total. The van der Waals surface area contributed by atoms with Crippen molar-refractivity contribution < 1.29 is 43.1 Å². The van der Waals surface area contributed by atoms with Gasteiger partial charge in [-0.05, 0) is 74.9 Å². The van der Waals surface area contributed by atoms with Crippen LogP contribution in [0.1, 0.15) is 106 Å². The van der Waals surface area contributed by atoms with Crippen molar-refractivity contribution in [2.75, 3.05) is 39.3 Å². The second-order valence-electron chi connectivity index (χ2n) is 12.5. The Kier molecular flexibility index (Phi) is 8.65. The van der Waals surface area contributed by atoms with Crippen LogP contribution in [0.4, 0.5) is 0 Å². The molecule has 2 saturated heterocycles. The van der Waals surface area contributed by atoms with E-state index in [-0.39, 0.29) is 54.5 Å². The standard InChI is InChI=1S/C34H38N4O7/c39-31(37-17-5-1-3-9-29(37)35-15-7-19-37)25-13-11-24(22-28(25)34(43)44)45-23-12-14-26(33(41)42)27(21-23)32(40)38-18-6-2-4-10-30(38)36-16-8-20-38/h11-14,21-22H,1-10,15-20H2/p+2. The summed E-state index contributed by atoms with van der Waals surface area (Å²) >= 11 is 0. The molecule has 0 bridgehead atoms. The van der Waals surface area contributed by atoms with Gasteiger partial charge in [0.1, 0.15) is 11.5 Å². The van der Waals surface area contributed by atoms with Gasteiger partial charge in [0.05, 0.1) is 61.5 Å². The van der Waals surface area contributed by atoms with Crippen LogP contribution < -0.4 is 4.74 Å². The molecule has 4 aliphatic rings. The molecular weight excluding hydrogens is 576 g/mol.